The summed E-state index contributed by atoms with van der Waals surface area (Å²) in [7, 11) is 2.99. The van der Waals surface area contributed by atoms with Gasteiger partial charge in [0.1, 0.15) is 28.5 Å². The minimum absolute atomic E-state index is 0.354. The Kier molecular flexibility index (Phi) is 5.14. The van der Waals surface area contributed by atoms with Crippen LogP contribution >= 0.6 is 11.6 Å². The molecule has 0 saturated carbocycles. The second kappa shape index (κ2) is 7.49. The fraction of sp³-hybridized carbons (Fsp3) is 0.158. The van der Waals surface area contributed by atoms with Gasteiger partial charge in [-0.15, -0.1) is 0 Å². The minimum atomic E-state index is -0.370. The number of aryl methyl sites for hydroxylation is 1. The molecule has 1 heterocycles. The lowest BCUT2D eigenvalue weighted by atomic mass is 10.1. The van der Waals surface area contributed by atoms with Crippen molar-refractivity contribution in [2.24, 2.45) is 0 Å². The third-order valence-electron chi connectivity index (χ3n) is 3.86. The van der Waals surface area contributed by atoms with Crippen molar-refractivity contribution in [2.45, 2.75) is 6.92 Å². The van der Waals surface area contributed by atoms with Gasteiger partial charge in [0, 0.05) is 17.7 Å². The van der Waals surface area contributed by atoms with E-state index in [4.69, 9.17) is 25.6 Å². The number of carbonyl (C=O) groups is 1. The number of hydrogen-bond acceptors (Lipinski definition) is 5. The van der Waals surface area contributed by atoms with E-state index in [2.05, 4.69) is 10.5 Å². The van der Waals surface area contributed by atoms with E-state index in [0.29, 0.717) is 39.2 Å². The second-order valence-corrected chi connectivity index (χ2v) is 5.88. The van der Waals surface area contributed by atoms with Crippen LogP contribution in [0.15, 0.2) is 47.0 Å². The zero-order chi connectivity index (χ0) is 18.7. The molecule has 0 bridgehead atoms. The number of hydrogen-bond donors (Lipinski definition) is 1. The lowest BCUT2D eigenvalue weighted by Crippen LogP contribution is -2.14. The van der Waals surface area contributed by atoms with Crippen LogP contribution in [0.1, 0.15) is 16.1 Å². The fourth-order valence-corrected chi connectivity index (χ4v) is 2.81. The highest BCUT2D eigenvalue weighted by molar-refractivity contribution is 6.32. The maximum atomic E-state index is 12.9. The van der Waals surface area contributed by atoms with Crippen LogP contribution in [-0.4, -0.2) is 25.3 Å². The molecule has 0 fully saturated rings. The molecule has 0 spiro atoms. The maximum absolute atomic E-state index is 12.9. The topological polar surface area (TPSA) is 73.6 Å². The Labute approximate surface area is 155 Å². The first-order valence-electron chi connectivity index (χ1n) is 7.79. The largest absolute Gasteiger partial charge is 0.495 e. The first-order chi connectivity index (χ1) is 12.5. The van der Waals surface area contributed by atoms with Crippen LogP contribution in [0.2, 0.25) is 5.02 Å². The standard InChI is InChI=1S/C19H17ClN2O4/c1-11-17(18(22-26-11)12-7-5-4-6-8-12)19(23)21-14-10-15(24-2)13(20)9-16(14)25-3/h4-10H,1-3H3,(H,21,23). The summed E-state index contributed by atoms with van der Waals surface area (Å²) in [6, 6.07) is 12.5. The number of carbonyl (C=O) groups excluding carboxylic acids is 1. The Hall–Kier alpha value is -2.99. The number of ether oxygens (including phenoxy) is 2. The number of nitrogens with one attached hydrogen (secondary N) is 1. The Morgan fingerprint density at radius 1 is 1.12 bits per heavy atom. The normalized spacial score (nSPS) is 10.5. The molecule has 1 N–H and O–H groups in total. The summed E-state index contributed by atoms with van der Waals surface area (Å²) in [6.45, 7) is 1.69. The van der Waals surface area contributed by atoms with E-state index in [1.165, 1.54) is 14.2 Å². The van der Waals surface area contributed by atoms with Crippen molar-refractivity contribution in [3.05, 3.63) is 58.8 Å². The number of nitrogens with zero attached hydrogens (tertiary/aromatic N) is 1. The van der Waals surface area contributed by atoms with Gasteiger partial charge in [0.05, 0.1) is 24.9 Å². The molecule has 26 heavy (non-hydrogen) atoms. The SMILES string of the molecule is COc1cc(NC(=O)c2c(-c3ccccc3)noc2C)c(OC)cc1Cl. The number of methoxy groups -OCH3 is 2. The summed E-state index contributed by atoms with van der Waals surface area (Å²) in [5, 5.41) is 7.22. The average molecular weight is 373 g/mol. The third kappa shape index (κ3) is 3.36. The van der Waals surface area contributed by atoms with E-state index < -0.39 is 0 Å². The smallest absolute Gasteiger partial charge is 0.261 e. The molecule has 6 nitrogen and oxygen atoms in total. The van der Waals surface area contributed by atoms with Gasteiger partial charge in [0.15, 0.2) is 0 Å². The van der Waals surface area contributed by atoms with Crippen LogP contribution in [-0.2, 0) is 0 Å². The van der Waals surface area contributed by atoms with E-state index in [9.17, 15) is 4.79 Å². The minimum Gasteiger partial charge on any atom is -0.495 e. The van der Waals surface area contributed by atoms with Gasteiger partial charge in [-0.3, -0.25) is 4.79 Å². The molecule has 0 aliphatic heterocycles. The Balaban J connectivity index is 1.99. The van der Waals surface area contributed by atoms with Crippen LogP contribution < -0.4 is 14.8 Å². The molecule has 1 amide bonds. The van der Waals surface area contributed by atoms with Crippen molar-refractivity contribution in [1.82, 2.24) is 5.16 Å². The van der Waals surface area contributed by atoms with Crippen molar-refractivity contribution in [1.29, 1.82) is 0 Å². The van der Waals surface area contributed by atoms with Crippen molar-refractivity contribution in [3.8, 4) is 22.8 Å². The number of rotatable bonds is 5. The molecular weight excluding hydrogens is 356 g/mol. The van der Waals surface area contributed by atoms with Crippen LogP contribution in [0.3, 0.4) is 0 Å². The van der Waals surface area contributed by atoms with Gasteiger partial charge in [-0.1, -0.05) is 47.1 Å². The van der Waals surface area contributed by atoms with Gasteiger partial charge in [-0.05, 0) is 6.92 Å². The van der Waals surface area contributed by atoms with E-state index in [1.807, 2.05) is 30.3 Å². The summed E-state index contributed by atoms with van der Waals surface area (Å²) in [5.41, 5.74) is 2.04. The van der Waals surface area contributed by atoms with Crippen molar-refractivity contribution < 1.29 is 18.8 Å². The van der Waals surface area contributed by atoms with E-state index >= 15 is 0 Å². The summed E-state index contributed by atoms with van der Waals surface area (Å²) < 4.78 is 15.7. The van der Waals surface area contributed by atoms with Crippen LogP contribution in [0.4, 0.5) is 5.69 Å². The first kappa shape index (κ1) is 17.8. The highest BCUT2D eigenvalue weighted by Crippen LogP contribution is 2.36. The number of aromatic nitrogens is 1. The van der Waals surface area contributed by atoms with Crippen molar-refractivity contribution >= 4 is 23.2 Å². The van der Waals surface area contributed by atoms with Crippen molar-refractivity contribution in [3.63, 3.8) is 0 Å². The summed E-state index contributed by atoms with van der Waals surface area (Å²) in [6.07, 6.45) is 0. The summed E-state index contributed by atoms with van der Waals surface area (Å²) in [5.74, 6) is 0.888. The molecule has 0 aliphatic rings. The third-order valence-corrected chi connectivity index (χ3v) is 4.15. The lowest BCUT2D eigenvalue weighted by Gasteiger charge is -2.13. The van der Waals surface area contributed by atoms with E-state index in [1.54, 1.807) is 19.1 Å². The molecule has 0 unspecified atom stereocenters. The van der Waals surface area contributed by atoms with Crippen LogP contribution in [0.5, 0.6) is 11.5 Å². The van der Waals surface area contributed by atoms with Gasteiger partial charge < -0.3 is 19.3 Å². The summed E-state index contributed by atoms with van der Waals surface area (Å²) in [4.78, 5) is 12.9. The number of anilines is 1. The Morgan fingerprint density at radius 3 is 2.46 bits per heavy atom. The van der Waals surface area contributed by atoms with Crippen LogP contribution in [0, 0.1) is 6.92 Å². The molecule has 7 heteroatoms. The first-order valence-corrected chi connectivity index (χ1v) is 8.17. The second-order valence-electron chi connectivity index (χ2n) is 5.47. The average Bonchev–Trinajstić information content (AvgIpc) is 3.05. The number of benzene rings is 2. The lowest BCUT2D eigenvalue weighted by molar-refractivity contribution is 0.102. The molecule has 2 aromatic carbocycles. The van der Waals surface area contributed by atoms with E-state index in [-0.39, 0.29) is 5.91 Å². The van der Waals surface area contributed by atoms with Gasteiger partial charge >= 0.3 is 0 Å². The predicted octanol–water partition coefficient (Wildman–Crippen LogP) is 4.57. The molecular formula is C19H17ClN2O4. The molecule has 3 aromatic rings. The highest BCUT2D eigenvalue weighted by atomic mass is 35.5. The fourth-order valence-electron chi connectivity index (χ4n) is 2.58. The summed E-state index contributed by atoms with van der Waals surface area (Å²) >= 11 is 6.10. The van der Waals surface area contributed by atoms with Gasteiger partial charge in [0.25, 0.3) is 5.91 Å². The number of halogens is 1. The molecule has 0 atom stereocenters. The predicted molar refractivity (Wildman–Crippen MR) is 99.2 cm³/mol. The maximum Gasteiger partial charge on any atom is 0.261 e. The Bertz CT molecular complexity index is 938. The van der Waals surface area contributed by atoms with Gasteiger partial charge in [-0.25, -0.2) is 0 Å². The van der Waals surface area contributed by atoms with Crippen LogP contribution in [0.25, 0.3) is 11.3 Å². The molecule has 3 rings (SSSR count). The molecule has 0 radical (unpaired) electrons. The molecule has 0 saturated heterocycles. The quantitative estimate of drug-likeness (QED) is 0.710. The van der Waals surface area contributed by atoms with E-state index in [0.717, 1.165) is 5.56 Å². The Morgan fingerprint density at radius 2 is 1.81 bits per heavy atom. The van der Waals surface area contributed by atoms with Gasteiger partial charge in [-0.2, -0.15) is 0 Å². The monoisotopic (exact) mass is 372 g/mol. The molecule has 0 aliphatic carbocycles. The van der Waals surface area contributed by atoms with Gasteiger partial charge in [0.2, 0.25) is 0 Å². The highest BCUT2D eigenvalue weighted by Gasteiger charge is 2.23. The number of amides is 1. The van der Waals surface area contributed by atoms with Crippen molar-refractivity contribution in [2.75, 3.05) is 19.5 Å². The molecule has 134 valence electrons. The molecule has 1 aromatic heterocycles. The zero-order valence-electron chi connectivity index (χ0n) is 14.5. The zero-order valence-corrected chi connectivity index (χ0v) is 15.3.